The number of benzene rings is 1. The number of rotatable bonds is 3. The molecule has 1 saturated carbocycles. The molecule has 1 fully saturated rings. The topological polar surface area (TPSA) is 52.6 Å². The van der Waals surface area contributed by atoms with Crippen LogP contribution in [0.25, 0.3) is 0 Å². The lowest BCUT2D eigenvalue weighted by atomic mass is 9.73. The van der Waals surface area contributed by atoms with Gasteiger partial charge in [-0.05, 0) is 74.0 Å². The Hall–Kier alpha value is -1.72. The molecule has 2 unspecified atom stereocenters. The minimum Gasteiger partial charge on any atom is -0.298 e. The van der Waals surface area contributed by atoms with Gasteiger partial charge >= 0.3 is 0 Å². The Bertz CT molecular complexity index is 803. The van der Waals surface area contributed by atoms with E-state index in [0.717, 1.165) is 48.4 Å². The number of fused-ring (bicyclic) bond motifs is 2. The highest BCUT2D eigenvalue weighted by Crippen LogP contribution is 2.55. The fourth-order valence-electron chi connectivity index (χ4n) is 5.87. The number of hydrogen-bond donors (Lipinski definition) is 2. The van der Waals surface area contributed by atoms with Crippen LogP contribution in [0.2, 0.25) is 0 Å². The third-order valence-corrected chi connectivity index (χ3v) is 7.01. The zero-order chi connectivity index (χ0) is 17.8. The summed E-state index contributed by atoms with van der Waals surface area (Å²) < 4.78 is 14.5. The second-order valence-corrected chi connectivity index (χ2v) is 8.66. The van der Waals surface area contributed by atoms with E-state index in [4.69, 9.17) is 5.21 Å². The standard InChI is InChI=1S/C21H25FN2O2/c22-20-9-17(21(25)23-26)7-14-1-2-24(11-19(14)20)10-13-3-12-4-15-8-16(5-13)18(15)6-12/h7,9,12-13,16,26H,1-6,8,10-11H2,(H,23,25)/t12?,13?,16-/m1/s1. The molecule has 5 heteroatoms. The molecule has 4 aliphatic rings. The molecule has 1 aromatic carbocycles. The Labute approximate surface area is 153 Å². The van der Waals surface area contributed by atoms with Gasteiger partial charge in [-0.3, -0.25) is 14.9 Å². The highest BCUT2D eigenvalue weighted by molar-refractivity contribution is 5.93. The van der Waals surface area contributed by atoms with E-state index >= 15 is 0 Å². The van der Waals surface area contributed by atoms with E-state index in [2.05, 4.69) is 4.90 Å². The Kier molecular flexibility index (Phi) is 3.90. The first-order chi connectivity index (χ1) is 12.6. The summed E-state index contributed by atoms with van der Waals surface area (Å²) in [5.41, 5.74) is 6.95. The summed E-state index contributed by atoms with van der Waals surface area (Å²) in [6.45, 7) is 2.60. The molecule has 1 heterocycles. The van der Waals surface area contributed by atoms with Crippen LogP contribution in [0.3, 0.4) is 0 Å². The zero-order valence-corrected chi connectivity index (χ0v) is 14.9. The number of hydroxylamine groups is 1. The molecule has 2 bridgehead atoms. The van der Waals surface area contributed by atoms with E-state index in [-0.39, 0.29) is 11.4 Å². The maximum Gasteiger partial charge on any atom is 0.274 e. The van der Waals surface area contributed by atoms with Gasteiger partial charge in [0.25, 0.3) is 5.91 Å². The second kappa shape index (κ2) is 6.17. The fraction of sp³-hybridized carbons (Fsp3) is 0.571. The Morgan fingerprint density at radius 3 is 3.00 bits per heavy atom. The first kappa shape index (κ1) is 16.5. The van der Waals surface area contributed by atoms with Crippen molar-refractivity contribution in [3.8, 4) is 0 Å². The molecule has 4 nitrogen and oxygen atoms in total. The Morgan fingerprint density at radius 2 is 2.15 bits per heavy atom. The molecule has 26 heavy (non-hydrogen) atoms. The third-order valence-electron chi connectivity index (χ3n) is 7.01. The van der Waals surface area contributed by atoms with Crippen molar-refractivity contribution in [2.24, 2.45) is 17.8 Å². The summed E-state index contributed by atoms with van der Waals surface area (Å²) in [7, 11) is 0. The summed E-state index contributed by atoms with van der Waals surface area (Å²) in [4.78, 5) is 14.0. The number of nitrogens with one attached hydrogen (secondary N) is 1. The van der Waals surface area contributed by atoms with E-state index < -0.39 is 5.91 Å². The largest absolute Gasteiger partial charge is 0.298 e. The van der Waals surface area contributed by atoms with Gasteiger partial charge in [-0.2, -0.15) is 0 Å². The number of allylic oxidation sites excluding steroid dienone is 2. The molecule has 138 valence electrons. The van der Waals surface area contributed by atoms with E-state index in [9.17, 15) is 9.18 Å². The molecule has 2 N–H and O–H groups in total. The highest BCUT2D eigenvalue weighted by atomic mass is 19.1. The second-order valence-electron chi connectivity index (χ2n) is 8.66. The third kappa shape index (κ3) is 2.69. The van der Waals surface area contributed by atoms with Crippen LogP contribution in [0.4, 0.5) is 4.39 Å². The molecule has 0 spiro atoms. The number of nitrogens with zero attached hydrogens (tertiary/aromatic N) is 1. The van der Waals surface area contributed by atoms with E-state index in [0.29, 0.717) is 6.54 Å². The first-order valence-corrected chi connectivity index (χ1v) is 9.79. The first-order valence-electron chi connectivity index (χ1n) is 9.79. The lowest BCUT2D eigenvalue weighted by Gasteiger charge is -2.37. The maximum atomic E-state index is 14.5. The van der Waals surface area contributed by atoms with Crippen LogP contribution in [-0.4, -0.2) is 29.1 Å². The van der Waals surface area contributed by atoms with Gasteiger partial charge in [0.15, 0.2) is 0 Å². The predicted octanol–water partition coefficient (Wildman–Crippen LogP) is 3.44. The molecule has 0 saturated heterocycles. The predicted molar refractivity (Wildman–Crippen MR) is 95.2 cm³/mol. The van der Waals surface area contributed by atoms with Crippen molar-refractivity contribution >= 4 is 5.91 Å². The Balaban J connectivity index is 1.29. The molecule has 3 atom stereocenters. The van der Waals surface area contributed by atoms with Crippen molar-refractivity contribution in [3.63, 3.8) is 0 Å². The van der Waals surface area contributed by atoms with Crippen LogP contribution in [0.5, 0.6) is 0 Å². The van der Waals surface area contributed by atoms with Gasteiger partial charge in [0.1, 0.15) is 5.82 Å². The van der Waals surface area contributed by atoms with Crippen molar-refractivity contribution in [3.05, 3.63) is 45.8 Å². The fourth-order valence-corrected chi connectivity index (χ4v) is 5.87. The van der Waals surface area contributed by atoms with Gasteiger partial charge in [-0.15, -0.1) is 0 Å². The summed E-state index contributed by atoms with van der Waals surface area (Å²) in [6.07, 6.45) is 7.43. The van der Waals surface area contributed by atoms with E-state index in [1.807, 2.05) is 0 Å². The maximum absolute atomic E-state index is 14.5. The van der Waals surface area contributed by atoms with Crippen LogP contribution in [0, 0.1) is 23.6 Å². The smallest absolute Gasteiger partial charge is 0.274 e. The van der Waals surface area contributed by atoms with Crippen molar-refractivity contribution in [1.29, 1.82) is 0 Å². The van der Waals surface area contributed by atoms with Crippen LogP contribution in [0.1, 0.15) is 53.6 Å². The minimum absolute atomic E-state index is 0.186. The van der Waals surface area contributed by atoms with Gasteiger partial charge in [-0.1, -0.05) is 11.1 Å². The monoisotopic (exact) mass is 356 g/mol. The molecule has 1 amide bonds. The SMILES string of the molecule is O=C(NO)c1cc(F)c2c(c1)CCN(CC1CC3CC4=C(C3)[C@@H](C4)C1)C2. The summed E-state index contributed by atoms with van der Waals surface area (Å²) in [5, 5.41) is 8.77. The number of hydrogen-bond acceptors (Lipinski definition) is 3. The van der Waals surface area contributed by atoms with Crippen LogP contribution >= 0.6 is 0 Å². The molecular weight excluding hydrogens is 331 g/mol. The van der Waals surface area contributed by atoms with E-state index in [1.54, 1.807) is 22.7 Å². The van der Waals surface area contributed by atoms with Crippen LogP contribution in [0.15, 0.2) is 23.3 Å². The van der Waals surface area contributed by atoms with Crippen molar-refractivity contribution < 1.29 is 14.4 Å². The van der Waals surface area contributed by atoms with Gasteiger partial charge in [0.2, 0.25) is 0 Å². The number of halogens is 1. The lowest BCUT2D eigenvalue weighted by molar-refractivity contribution is 0.0705. The highest BCUT2D eigenvalue weighted by Gasteiger charge is 2.42. The zero-order valence-electron chi connectivity index (χ0n) is 14.9. The summed E-state index contributed by atoms with van der Waals surface area (Å²) >= 11 is 0. The van der Waals surface area contributed by atoms with Gasteiger partial charge in [0, 0.05) is 30.8 Å². The van der Waals surface area contributed by atoms with Crippen LogP contribution < -0.4 is 5.48 Å². The van der Waals surface area contributed by atoms with Gasteiger partial charge < -0.3 is 0 Å². The summed E-state index contributed by atoms with van der Waals surface area (Å²) in [5.74, 6) is 1.45. The van der Waals surface area contributed by atoms with Crippen LogP contribution in [-0.2, 0) is 13.0 Å². The summed E-state index contributed by atoms with van der Waals surface area (Å²) in [6, 6.07) is 2.95. The molecule has 1 aliphatic heterocycles. The molecule has 3 aliphatic carbocycles. The quantitative estimate of drug-likeness (QED) is 0.496. The van der Waals surface area contributed by atoms with Crippen molar-refractivity contribution in [1.82, 2.24) is 10.4 Å². The van der Waals surface area contributed by atoms with Crippen molar-refractivity contribution in [2.45, 2.75) is 45.1 Å². The Morgan fingerprint density at radius 1 is 1.27 bits per heavy atom. The lowest BCUT2D eigenvalue weighted by Crippen LogP contribution is -2.37. The molecule has 5 rings (SSSR count). The number of carbonyl (C=O) groups excluding carboxylic acids is 1. The molecule has 1 aromatic rings. The normalized spacial score (nSPS) is 29.8. The van der Waals surface area contributed by atoms with Gasteiger partial charge in [-0.25, -0.2) is 9.87 Å². The van der Waals surface area contributed by atoms with Crippen molar-refractivity contribution in [2.75, 3.05) is 13.1 Å². The molecular formula is C21H25FN2O2. The molecule has 0 radical (unpaired) electrons. The van der Waals surface area contributed by atoms with E-state index in [1.165, 1.54) is 38.2 Å². The minimum atomic E-state index is -0.656. The molecule has 0 aromatic heterocycles. The number of carbonyl (C=O) groups is 1. The van der Waals surface area contributed by atoms with Gasteiger partial charge in [0.05, 0.1) is 0 Å². The average molecular weight is 356 g/mol. The number of amides is 1. The average Bonchev–Trinajstić information content (AvgIpc) is 2.86.